The first kappa shape index (κ1) is 12.7. The number of amides is 1. The number of aromatic amines is 1. The van der Waals surface area contributed by atoms with Crippen molar-refractivity contribution in [1.82, 2.24) is 15.1 Å². The highest BCUT2D eigenvalue weighted by Crippen LogP contribution is 2.27. The van der Waals surface area contributed by atoms with Crippen LogP contribution >= 0.6 is 0 Å². The lowest BCUT2D eigenvalue weighted by Crippen LogP contribution is -2.37. The van der Waals surface area contributed by atoms with Crippen molar-refractivity contribution < 1.29 is 9.90 Å². The van der Waals surface area contributed by atoms with Gasteiger partial charge in [-0.25, -0.2) is 0 Å². The number of hydrogen-bond acceptors (Lipinski definition) is 3. The van der Waals surface area contributed by atoms with Crippen LogP contribution in [0.25, 0.3) is 0 Å². The molecule has 104 valence electrons. The van der Waals surface area contributed by atoms with E-state index in [4.69, 9.17) is 0 Å². The Balaban J connectivity index is 1.79. The third-order valence-corrected chi connectivity index (χ3v) is 4.26. The van der Waals surface area contributed by atoms with Crippen LogP contribution in [0.3, 0.4) is 0 Å². The van der Waals surface area contributed by atoms with E-state index in [0.717, 1.165) is 49.9 Å². The summed E-state index contributed by atoms with van der Waals surface area (Å²) in [7, 11) is 0. The van der Waals surface area contributed by atoms with E-state index in [0.29, 0.717) is 12.1 Å². The van der Waals surface area contributed by atoms with E-state index in [1.807, 2.05) is 4.90 Å². The molecule has 0 aromatic carbocycles. The van der Waals surface area contributed by atoms with E-state index in [9.17, 15) is 9.90 Å². The molecular weight excluding hydrogens is 242 g/mol. The van der Waals surface area contributed by atoms with Gasteiger partial charge in [0.25, 0.3) is 5.91 Å². The molecule has 0 bridgehead atoms. The largest absolute Gasteiger partial charge is 0.393 e. The molecule has 1 aliphatic heterocycles. The molecule has 5 heteroatoms. The summed E-state index contributed by atoms with van der Waals surface area (Å²) in [6, 6.07) is 0.168. The molecule has 19 heavy (non-hydrogen) atoms. The van der Waals surface area contributed by atoms with Gasteiger partial charge in [0.05, 0.1) is 6.10 Å². The first-order valence-electron chi connectivity index (χ1n) is 7.22. The molecule has 2 N–H and O–H groups in total. The zero-order valence-corrected chi connectivity index (χ0v) is 11.4. The number of aliphatic hydroxyl groups is 1. The van der Waals surface area contributed by atoms with Crippen molar-refractivity contribution in [2.45, 2.75) is 57.6 Å². The summed E-state index contributed by atoms with van der Waals surface area (Å²) in [5.74, 6) is 0.0440. The Bertz CT molecular complexity index is 481. The summed E-state index contributed by atoms with van der Waals surface area (Å²) in [5, 5.41) is 16.8. The molecule has 1 aromatic heterocycles. The van der Waals surface area contributed by atoms with Crippen molar-refractivity contribution in [3.8, 4) is 0 Å². The lowest BCUT2D eigenvalue weighted by Gasteiger charge is -2.25. The van der Waals surface area contributed by atoms with E-state index in [1.165, 1.54) is 0 Å². The van der Waals surface area contributed by atoms with Crippen LogP contribution in [0.2, 0.25) is 0 Å². The third kappa shape index (κ3) is 2.27. The van der Waals surface area contributed by atoms with Crippen LogP contribution < -0.4 is 0 Å². The Labute approximate surface area is 113 Å². The van der Waals surface area contributed by atoms with Gasteiger partial charge < -0.3 is 10.0 Å². The van der Waals surface area contributed by atoms with Gasteiger partial charge in [0, 0.05) is 23.8 Å². The Morgan fingerprint density at radius 1 is 1.53 bits per heavy atom. The molecule has 3 rings (SSSR count). The molecule has 1 amide bonds. The van der Waals surface area contributed by atoms with Crippen LogP contribution in [0.15, 0.2) is 0 Å². The molecule has 0 spiro atoms. The van der Waals surface area contributed by atoms with Gasteiger partial charge >= 0.3 is 0 Å². The van der Waals surface area contributed by atoms with Gasteiger partial charge in [0.2, 0.25) is 0 Å². The lowest BCUT2D eigenvalue weighted by atomic mass is 10.1. The van der Waals surface area contributed by atoms with Gasteiger partial charge in [-0.2, -0.15) is 5.10 Å². The number of fused-ring (bicyclic) bond motifs is 1. The van der Waals surface area contributed by atoms with Crippen molar-refractivity contribution >= 4 is 5.91 Å². The lowest BCUT2D eigenvalue weighted by molar-refractivity contribution is 0.0675. The zero-order valence-electron chi connectivity index (χ0n) is 11.4. The van der Waals surface area contributed by atoms with Crippen LogP contribution in [-0.4, -0.2) is 44.8 Å². The molecule has 2 atom stereocenters. The van der Waals surface area contributed by atoms with E-state index in [1.54, 1.807) is 6.92 Å². The number of nitrogens with one attached hydrogen (secondary N) is 1. The average Bonchev–Trinajstić information content (AvgIpc) is 3.01. The minimum absolute atomic E-state index is 0.0440. The predicted molar refractivity (Wildman–Crippen MR) is 71.0 cm³/mol. The van der Waals surface area contributed by atoms with E-state index in [2.05, 4.69) is 10.2 Å². The molecule has 1 saturated heterocycles. The number of likely N-dealkylation sites (tertiary alicyclic amines) is 1. The van der Waals surface area contributed by atoms with E-state index < -0.39 is 0 Å². The number of H-pyrrole nitrogens is 1. The van der Waals surface area contributed by atoms with Crippen LogP contribution in [-0.2, 0) is 12.8 Å². The Hall–Kier alpha value is -1.36. The van der Waals surface area contributed by atoms with Gasteiger partial charge in [-0.3, -0.25) is 9.89 Å². The number of aryl methyl sites for hydroxylation is 1. The molecule has 1 aromatic rings. The van der Waals surface area contributed by atoms with Crippen LogP contribution in [0.5, 0.6) is 0 Å². The molecule has 2 aliphatic rings. The highest BCUT2D eigenvalue weighted by Gasteiger charge is 2.33. The quantitative estimate of drug-likeness (QED) is 0.863. The second-order valence-corrected chi connectivity index (χ2v) is 5.76. The number of carbonyl (C=O) groups is 1. The molecular formula is C14H21N3O2. The number of aromatic nitrogens is 2. The average molecular weight is 263 g/mol. The van der Waals surface area contributed by atoms with Gasteiger partial charge in [0.1, 0.15) is 0 Å². The van der Waals surface area contributed by atoms with E-state index >= 15 is 0 Å². The van der Waals surface area contributed by atoms with Crippen molar-refractivity contribution in [1.29, 1.82) is 0 Å². The highest BCUT2D eigenvalue weighted by molar-refractivity contribution is 5.94. The fourth-order valence-electron chi connectivity index (χ4n) is 3.37. The number of carbonyl (C=O) groups excluding carboxylic acids is 1. The predicted octanol–water partition coefficient (Wildman–Crippen LogP) is 1.27. The van der Waals surface area contributed by atoms with Crippen molar-refractivity contribution in [3.05, 3.63) is 17.0 Å². The minimum Gasteiger partial charge on any atom is -0.393 e. The summed E-state index contributed by atoms with van der Waals surface area (Å²) in [6.07, 6.45) is 5.40. The minimum atomic E-state index is -0.358. The van der Waals surface area contributed by atoms with E-state index in [-0.39, 0.29) is 18.1 Å². The van der Waals surface area contributed by atoms with Crippen molar-refractivity contribution in [2.24, 2.45) is 0 Å². The number of aliphatic hydroxyl groups excluding tert-OH is 1. The maximum Gasteiger partial charge on any atom is 0.274 e. The molecule has 5 nitrogen and oxygen atoms in total. The van der Waals surface area contributed by atoms with Gasteiger partial charge in [-0.15, -0.1) is 0 Å². The second kappa shape index (κ2) is 4.96. The van der Waals surface area contributed by atoms with Crippen LogP contribution in [0.4, 0.5) is 0 Å². The summed E-state index contributed by atoms with van der Waals surface area (Å²) in [5.41, 5.74) is 2.87. The third-order valence-electron chi connectivity index (χ3n) is 4.26. The molecule has 2 heterocycles. The maximum absolute atomic E-state index is 12.6. The molecule has 1 aliphatic carbocycles. The van der Waals surface area contributed by atoms with Gasteiger partial charge in [-0.05, 0) is 45.4 Å². The Kier molecular flexibility index (Phi) is 3.31. The molecule has 0 saturated carbocycles. The van der Waals surface area contributed by atoms with Gasteiger partial charge in [0.15, 0.2) is 5.69 Å². The molecule has 0 radical (unpaired) electrons. The number of rotatable bonds is 3. The Morgan fingerprint density at radius 3 is 3.16 bits per heavy atom. The fourth-order valence-corrected chi connectivity index (χ4v) is 3.37. The monoisotopic (exact) mass is 263 g/mol. The normalized spacial score (nSPS) is 23.7. The topological polar surface area (TPSA) is 69.2 Å². The first-order chi connectivity index (χ1) is 9.16. The summed E-state index contributed by atoms with van der Waals surface area (Å²) < 4.78 is 0. The van der Waals surface area contributed by atoms with Crippen molar-refractivity contribution in [2.75, 3.05) is 6.54 Å². The first-order valence-corrected chi connectivity index (χ1v) is 7.22. The SMILES string of the molecule is CC(O)CC1CCCN1C(=O)c1n[nH]c2c1CCC2. The van der Waals surface area contributed by atoms with Gasteiger partial charge in [-0.1, -0.05) is 0 Å². The smallest absolute Gasteiger partial charge is 0.274 e. The van der Waals surface area contributed by atoms with Crippen molar-refractivity contribution in [3.63, 3.8) is 0 Å². The number of hydrogen-bond donors (Lipinski definition) is 2. The summed E-state index contributed by atoms with van der Waals surface area (Å²) in [6.45, 7) is 2.57. The molecule has 1 fully saturated rings. The zero-order chi connectivity index (χ0) is 13.4. The van der Waals surface area contributed by atoms with Crippen LogP contribution in [0.1, 0.15) is 54.4 Å². The highest BCUT2D eigenvalue weighted by atomic mass is 16.3. The summed E-state index contributed by atoms with van der Waals surface area (Å²) >= 11 is 0. The molecule has 2 unspecified atom stereocenters. The second-order valence-electron chi connectivity index (χ2n) is 5.76. The van der Waals surface area contributed by atoms with Crippen LogP contribution in [0, 0.1) is 0 Å². The Morgan fingerprint density at radius 2 is 2.37 bits per heavy atom. The number of nitrogens with zero attached hydrogens (tertiary/aromatic N) is 2. The maximum atomic E-state index is 12.6. The standard InChI is InChI=1S/C14H21N3O2/c1-9(18)8-10-4-3-7-17(10)14(19)13-11-5-2-6-12(11)15-16-13/h9-10,18H,2-8H2,1H3,(H,15,16). The summed E-state index contributed by atoms with van der Waals surface area (Å²) in [4.78, 5) is 14.5. The fraction of sp³-hybridized carbons (Fsp3) is 0.714.